The average Bonchev–Trinajstić information content (AvgIpc) is 2.41. The number of benzene rings is 1. The summed E-state index contributed by atoms with van der Waals surface area (Å²) in [5.41, 5.74) is 0.708. The highest BCUT2D eigenvalue weighted by atomic mass is 16.5. The molecule has 1 aromatic rings. The summed E-state index contributed by atoms with van der Waals surface area (Å²) in [4.78, 5) is 23.2. The van der Waals surface area contributed by atoms with Crippen LogP contribution in [0.1, 0.15) is 12.5 Å². The predicted molar refractivity (Wildman–Crippen MR) is 72.3 cm³/mol. The molecule has 20 heavy (non-hydrogen) atoms. The van der Waals surface area contributed by atoms with Crippen LogP contribution in [0.4, 0.5) is 0 Å². The fourth-order valence-electron chi connectivity index (χ4n) is 1.49. The minimum absolute atomic E-state index is 0.0516. The number of nitrogens with one attached hydrogen (secondary N) is 1. The van der Waals surface area contributed by atoms with E-state index in [2.05, 4.69) is 5.32 Å². The van der Waals surface area contributed by atoms with Gasteiger partial charge in [0.25, 0.3) is 5.91 Å². The van der Waals surface area contributed by atoms with Crippen LogP contribution >= 0.6 is 0 Å². The lowest BCUT2D eigenvalue weighted by molar-refractivity contribution is -0.154. The Morgan fingerprint density at radius 2 is 1.95 bits per heavy atom. The number of hydrogen-bond acceptors (Lipinski definition) is 5. The highest BCUT2D eigenvalue weighted by Crippen LogP contribution is 2.10. The van der Waals surface area contributed by atoms with E-state index >= 15 is 0 Å². The lowest BCUT2D eigenvalue weighted by Gasteiger charge is -2.13. The van der Waals surface area contributed by atoms with Crippen LogP contribution in [0, 0.1) is 0 Å². The second-order valence-corrected chi connectivity index (χ2v) is 4.26. The third-order valence-electron chi connectivity index (χ3n) is 2.57. The minimum atomic E-state index is -0.850. The van der Waals surface area contributed by atoms with Crippen molar-refractivity contribution >= 4 is 11.9 Å². The van der Waals surface area contributed by atoms with E-state index < -0.39 is 12.1 Å². The highest BCUT2D eigenvalue weighted by molar-refractivity contribution is 5.83. The van der Waals surface area contributed by atoms with Gasteiger partial charge >= 0.3 is 5.97 Å². The Hall–Kier alpha value is -2.08. The van der Waals surface area contributed by atoms with Crippen molar-refractivity contribution in [3.8, 4) is 5.75 Å². The molecule has 110 valence electrons. The third-order valence-corrected chi connectivity index (χ3v) is 2.57. The molecule has 0 radical (unpaired) electrons. The van der Waals surface area contributed by atoms with Crippen molar-refractivity contribution in [2.75, 3.05) is 20.3 Å². The molecule has 0 aromatic heterocycles. The zero-order valence-electron chi connectivity index (χ0n) is 11.6. The van der Waals surface area contributed by atoms with Crippen LogP contribution < -0.4 is 5.32 Å². The van der Waals surface area contributed by atoms with Crippen LogP contribution in [0.3, 0.4) is 0 Å². The quantitative estimate of drug-likeness (QED) is 0.565. The second-order valence-electron chi connectivity index (χ2n) is 4.26. The van der Waals surface area contributed by atoms with E-state index in [1.165, 1.54) is 26.2 Å². The molecule has 0 aliphatic heterocycles. The van der Waals surface area contributed by atoms with Gasteiger partial charge in [0.1, 0.15) is 5.75 Å². The van der Waals surface area contributed by atoms with Gasteiger partial charge in [-0.05, 0) is 24.6 Å². The summed E-state index contributed by atoms with van der Waals surface area (Å²) in [6.45, 7) is 2.28. The first-order chi connectivity index (χ1) is 9.52. The van der Waals surface area contributed by atoms with Crippen molar-refractivity contribution in [3.63, 3.8) is 0 Å². The summed E-state index contributed by atoms with van der Waals surface area (Å²) in [6.07, 6.45) is -0.799. The lowest BCUT2D eigenvalue weighted by Crippen LogP contribution is -2.37. The van der Waals surface area contributed by atoms with Crippen LogP contribution in [0.5, 0.6) is 5.75 Å². The van der Waals surface area contributed by atoms with Gasteiger partial charge in [0, 0.05) is 13.7 Å². The van der Waals surface area contributed by atoms with Crippen LogP contribution in [-0.2, 0) is 25.5 Å². The number of methoxy groups -OCH3 is 1. The molecule has 1 atom stereocenters. The molecule has 0 unspecified atom stereocenters. The molecule has 0 spiro atoms. The van der Waals surface area contributed by atoms with Gasteiger partial charge in [-0.15, -0.1) is 0 Å². The summed E-state index contributed by atoms with van der Waals surface area (Å²) < 4.78 is 9.82. The van der Waals surface area contributed by atoms with Gasteiger partial charge in [0.2, 0.25) is 0 Å². The summed E-state index contributed by atoms with van der Waals surface area (Å²) in [6, 6.07) is 6.23. The van der Waals surface area contributed by atoms with Crippen molar-refractivity contribution in [3.05, 3.63) is 29.8 Å². The standard InChI is InChI=1S/C14H19NO5/c1-10(14(18)15-7-8-19-2)20-13(17)9-11-3-5-12(16)6-4-11/h3-6,10,16H,7-9H2,1-2H3,(H,15,18)/t10-/m1/s1. The Balaban J connectivity index is 2.37. The maximum Gasteiger partial charge on any atom is 0.311 e. The second kappa shape index (κ2) is 8.16. The summed E-state index contributed by atoms with van der Waals surface area (Å²) in [5, 5.41) is 11.7. The molecule has 2 N–H and O–H groups in total. The number of amides is 1. The molecule has 0 saturated heterocycles. The van der Waals surface area contributed by atoms with Gasteiger partial charge in [-0.1, -0.05) is 12.1 Å². The Bertz CT molecular complexity index is 443. The highest BCUT2D eigenvalue weighted by Gasteiger charge is 2.17. The molecule has 1 rings (SSSR count). The maximum absolute atomic E-state index is 11.7. The van der Waals surface area contributed by atoms with Gasteiger partial charge in [-0.25, -0.2) is 0 Å². The number of hydrogen-bond donors (Lipinski definition) is 2. The molecule has 0 aliphatic rings. The topological polar surface area (TPSA) is 84.9 Å². The smallest absolute Gasteiger partial charge is 0.311 e. The number of ether oxygens (including phenoxy) is 2. The van der Waals surface area contributed by atoms with Crippen molar-refractivity contribution in [1.82, 2.24) is 5.32 Å². The van der Waals surface area contributed by atoms with E-state index in [4.69, 9.17) is 14.6 Å². The molecular weight excluding hydrogens is 262 g/mol. The molecule has 0 bridgehead atoms. The maximum atomic E-state index is 11.7. The van der Waals surface area contributed by atoms with E-state index in [-0.39, 0.29) is 18.1 Å². The number of rotatable bonds is 7. The summed E-state index contributed by atoms with van der Waals surface area (Å²) in [5.74, 6) is -0.723. The Kier molecular flexibility index (Phi) is 6.52. The average molecular weight is 281 g/mol. The molecule has 1 aromatic carbocycles. The minimum Gasteiger partial charge on any atom is -0.508 e. The molecule has 1 amide bonds. The van der Waals surface area contributed by atoms with E-state index in [0.29, 0.717) is 18.7 Å². The van der Waals surface area contributed by atoms with Crippen LogP contribution in [0.15, 0.2) is 24.3 Å². The first-order valence-corrected chi connectivity index (χ1v) is 6.27. The molecule has 6 nitrogen and oxygen atoms in total. The number of phenolic OH excluding ortho intramolecular Hbond substituents is 1. The van der Waals surface area contributed by atoms with Crippen LogP contribution in [-0.4, -0.2) is 43.3 Å². The van der Waals surface area contributed by atoms with Crippen molar-refractivity contribution in [1.29, 1.82) is 0 Å². The fourth-order valence-corrected chi connectivity index (χ4v) is 1.49. The predicted octanol–water partition coefficient (Wildman–Crippen LogP) is 0.629. The largest absolute Gasteiger partial charge is 0.508 e. The van der Waals surface area contributed by atoms with Crippen molar-refractivity contribution in [2.45, 2.75) is 19.4 Å². The van der Waals surface area contributed by atoms with Gasteiger partial charge in [-0.2, -0.15) is 0 Å². The van der Waals surface area contributed by atoms with Crippen LogP contribution in [0.25, 0.3) is 0 Å². The monoisotopic (exact) mass is 281 g/mol. The molecule has 0 aliphatic carbocycles. The number of aromatic hydroxyl groups is 1. The molecule has 0 fully saturated rings. The molecule has 0 heterocycles. The lowest BCUT2D eigenvalue weighted by atomic mass is 10.1. The summed E-state index contributed by atoms with van der Waals surface area (Å²) in [7, 11) is 1.53. The Labute approximate surface area is 117 Å². The van der Waals surface area contributed by atoms with Gasteiger partial charge in [0.05, 0.1) is 13.0 Å². The van der Waals surface area contributed by atoms with Crippen molar-refractivity contribution in [2.24, 2.45) is 0 Å². The van der Waals surface area contributed by atoms with E-state index in [1.807, 2.05) is 0 Å². The first-order valence-electron chi connectivity index (χ1n) is 6.27. The Morgan fingerprint density at radius 3 is 2.55 bits per heavy atom. The Morgan fingerprint density at radius 1 is 1.30 bits per heavy atom. The fraction of sp³-hybridized carbons (Fsp3) is 0.429. The van der Waals surface area contributed by atoms with Crippen LogP contribution in [0.2, 0.25) is 0 Å². The van der Waals surface area contributed by atoms with E-state index in [0.717, 1.165) is 0 Å². The number of phenols is 1. The number of carbonyl (C=O) groups excluding carboxylic acids is 2. The first kappa shape index (κ1) is 16.0. The van der Waals surface area contributed by atoms with Gasteiger partial charge < -0.3 is 19.9 Å². The molecular formula is C14H19NO5. The van der Waals surface area contributed by atoms with E-state index in [1.54, 1.807) is 12.1 Å². The SMILES string of the molecule is COCCNC(=O)[C@@H](C)OC(=O)Cc1ccc(O)cc1. The number of carbonyl (C=O) groups is 2. The molecule has 6 heteroatoms. The van der Waals surface area contributed by atoms with Crippen molar-refractivity contribution < 1.29 is 24.2 Å². The zero-order valence-corrected chi connectivity index (χ0v) is 11.6. The zero-order chi connectivity index (χ0) is 15.0. The van der Waals surface area contributed by atoms with Gasteiger partial charge in [-0.3, -0.25) is 9.59 Å². The third kappa shape index (κ3) is 5.71. The normalized spacial score (nSPS) is 11.7. The molecule has 0 saturated carbocycles. The number of esters is 1. The van der Waals surface area contributed by atoms with Gasteiger partial charge in [0.15, 0.2) is 6.10 Å². The summed E-state index contributed by atoms with van der Waals surface area (Å²) >= 11 is 0. The van der Waals surface area contributed by atoms with E-state index in [9.17, 15) is 9.59 Å².